The molecule has 0 saturated carbocycles. The maximum absolute atomic E-state index is 12.3. The molecule has 29 heavy (non-hydrogen) atoms. The van der Waals surface area contributed by atoms with E-state index in [4.69, 9.17) is 0 Å². The molecule has 0 radical (unpaired) electrons. The molecule has 1 aliphatic rings. The standard InChI is InChI=1S/C23H31N5O/c1-18-15-25-11-8-21(18)9-12-26-23(24-2)27-16-20-14-22(29)28(17-20)13-10-19-6-4-3-5-7-19/h3-8,11,15,20H,9-10,12-14,16-17H2,1-2H3,(H2,24,26,27). The third-order valence-electron chi connectivity index (χ3n) is 5.41. The van der Waals surface area contributed by atoms with Crippen LogP contribution in [0.2, 0.25) is 0 Å². The zero-order chi connectivity index (χ0) is 20.5. The van der Waals surface area contributed by atoms with Gasteiger partial charge in [0.25, 0.3) is 0 Å². The maximum atomic E-state index is 12.3. The van der Waals surface area contributed by atoms with Gasteiger partial charge in [0.15, 0.2) is 5.96 Å². The lowest BCUT2D eigenvalue weighted by Crippen LogP contribution is -2.41. The maximum Gasteiger partial charge on any atom is 0.223 e. The van der Waals surface area contributed by atoms with Crippen molar-refractivity contribution < 1.29 is 4.79 Å². The first-order chi connectivity index (χ1) is 14.2. The highest BCUT2D eigenvalue weighted by atomic mass is 16.2. The van der Waals surface area contributed by atoms with E-state index in [2.05, 4.69) is 45.7 Å². The summed E-state index contributed by atoms with van der Waals surface area (Å²) in [5.41, 5.74) is 3.77. The minimum absolute atomic E-state index is 0.254. The fourth-order valence-corrected chi connectivity index (χ4v) is 3.68. The molecule has 2 aromatic rings. The van der Waals surface area contributed by atoms with Crippen molar-refractivity contribution in [2.24, 2.45) is 10.9 Å². The van der Waals surface area contributed by atoms with Crippen molar-refractivity contribution >= 4 is 11.9 Å². The second kappa shape index (κ2) is 10.6. The second-order valence-electron chi connectivity index (χ2n) is 7.58. The highest BCUT2D eigenvalue weighted by molar-refractivity contribution is 5.80. The molecule has 1 unspecified atom stereocenters. The number of aliphatic imine (C=N–C) groups is 1. The molecule has 6 heteroatoms. The summed E-state index contributed by atoms with van der Waals surface area (Å²) in [6.45, 7) is 5.23. The topological polar surface area (TPSA) is 69.6 Å². The van der Waals surface area contributed by atoms with Gasteiger partial charge in [0.05, 0.1) is 0 Å². The molecule has 0 bridgehead atoms. The number of guanidine groups is 1. The number of aryl methyl sites for hydroxylation is 1. The first-order valence-corrected chi connectivity index (χ1v) is 10.3. The van der Waals surface area contributed by atoms with Crippen molar-refractivity contribution in [2.45, 2.75) is 26.2 Å². The lowest BCUT2D eigenvalue weighted by molar-refractivity contribution is -0.127. The third kappa shape index (κ3) is 6.31. The average molecular weight is 394 g/mol. The van der Waals surface area contributed by atoms with Crippen LogP contribution in [-0.4, -0.2) is 55.0 Å². The molecule has 1 fully saturated rings. The minimum atomic E-state index is 0.254. The van der Waals surface area contributed by atoms with Gasteiger partial charge in [-0.25, -0.2) is 0 Å². The van der Waals surface area contributed by atoms with Gasteiger partial charge in [0.2, 0.25) is 5.91 Å². The Hall–Kier alpha value is -2.89. The van der Waals surface area contributed by atoms with Gasteiger partial charge in [-0.2, -0.15) is 0 Å². The molecule has 154 valence electrons. The van der Waals surface area contributed by atoms with E-state index < -0.39 is 0 Å². The monoisotopic (exact) mass is 393 g/mol. The van der Waals surface area contributed by atoms with Crippen LogP contribution in [0.15, 0.2) is 53.8 Å². The van der Waals surface area contributed by atoms with Crippen LogP contribution in [0, 0.1) is 12.8 Å². The molecule has 1 saturated heterocycles. The zero-order valence-electron chi connectivity index (χ0n) is 17.4. The molecule has 0 spiro atoms. The molecule has 3 rings (SSSR count). The van der Waals surface area contributed by atoms with Crippen LogP contribution in [0.3, 0.4) is 0 Å². The summed E-state index contributed by atoms with van der Waals surface area (Å²) < 4.78 is 0. The predicted molar refractivity (Wildman–Crippen MR) is 117 cm³/mol. The van der Waals surface area contributed by atoms with Crippen LogP contribution >= 0.6 is 0 Å². The van der Waals surface area contributed by atoms with Crippen molar-refractivity contribution in [3.63, 3.8) is 0 Å². The minimum Gasteiger partial charge on any atom is -0.356 e. The van der Waals surface area contributed by atoms with Gasteiger partial charge in [-0.05, 0) is 42.5 Å². The first kappa shape index (κ1) is 20.8. The Morgan fingerprint density at radius 1 is 1.21 bits per heavy atom. The van der Waals surface area contributed by atoms with Crippen LogP contribution in [0.4, 0.5) is 0 Å². The number of nitrogens with zero attached hydrogens (tertiary/aromatic N) is 3. The van der Waals surface area contributed by atoms with Gasteiger partial charge < -0.3 is 15.5 Å². The Morgan fingerprint density at radius 2 is 2.03 bits per heavy atom. The van der Waals surface area contributed by atoms with Gasteiger partial charge in [-0.15, -0.1) is 0 Å². The summed E-state index contributed by atoms with van der Waals surface area (Å²) in [4.78, 5) is 22.7. The quantitative estimate of drug-likeness (QED) is 0.533. The van der Waals surface area contributed by atoms with E-state index in [1.54, 1.807) is 7.05 Å². The first-order valence-electron chi connectivity index (χ1n) is 10.3. The summed E-state index contributed by atoms with van der Waals surface area (Å²) in [5.74, 6) is 1.36. The summed E-state index contributed by atoms with van der Waals surface area (Å²) in [7, 11) is 1.78. The summed E-state index contributed by atoms with van der Waals surface area (Å²) in [6, 6.07) is 12.4. The van der Waals surface area contributed by atoms with Crippen LogP contribution in [0.1, 0.15) is 23.1 Å². The number of benzene rings is 1. The van der Waals surface area contributed by atoms with Gasteiger partial charge in [-0.3, -0.25) is 14.8 Å². The molecule has 6 nitrogen and oxygen atoms in total. The Labute approximate surface area is 173 Å². The number of amides is 1. The summed E-state index contributed by atoms with van der Waals surface area (Å²) in [5, 5.41) is 6.73. The van der Waals surface area contributed by atoms with Gasteiger partial charge in [-0.1, -0.05) is 30.3 Å². The number of hydrogen-bond donors (Lipinski definition) is 2. The lowest BCUT2D eigenvalue weighted by atomic mass is 10.1. The van der Waals surface area contributed by atoms with Gasteiger partial charge in [0, 0.05) is 58.0 Å². The van der Waals surface area contributed by atoms with Crippen LogP contribution in [0.5, 0.6) is 0 Å². The Bertz CT molecular complexity index is 821. The number of nitrogens with one attached hydrogen (secondary N) is 2. The number of aromatic nitrogens is 1. The van der Waals surface area contributed by atoms with Crippen molar-refractivity contribution in [3.8, 4) is 0 Å². The fraction of sp³-hybridized carbons (Fsp3) is 0.435. The largest absolute Gasteiger partial charge is 0.356 e. The van der Waals surface area contributed by atoms with Gasteiger partial charge >= 0.3 is 0 Å². The molecule has 1 atom stereocenters. The van der Waals surface area contributed by atoms with E-state index in [0.717, 1.165) is 45.0 Å². The Morgan fingerprint density at radius 3 is 2.79 bits per heavy atom. The molecule has 1 aromatic heterocycles. The molecule has 0 aliphatic carbocycles. The normalized spacial score (nSPS) is 16.9. The molecule has 2 N–H and O–H groups in total. The van der Waals surface area contributed by atoms with Crippen molar-refractivity contribution in [1.82, 2.24) is 20.5 Å². The van der Waals surface area contributed by atoms with E-state index in [0.29, 0.717) is 12.3 Å². The fourth-order valence-electron chi connectivity index (χ4n) is 3.68. The number of rotatable bonds is 8. The van der Waals surface area contributed by atoms with Crippen molar-refractivity contribution in [3.05, 3.63) is 65.5 Å². The van der Waals surface area contributed by atoms with Crippen LogP contribution in [-0.2, 0) is 17.6 Å². The van der Waals surface area contributed by atoms with E-state index in [1.165, 1.54) is 16.7 Å². The third-order valence-corrected chi connectivity index (χ3v) is 5.41. The molecular weight excluding hydrogens is 362 g/mol. The van der Waals surface area contributed by atoms with Crippen molar-refractivity contribution in [2.75, 3.05) is 33.2 Å². The average Bonchev–Trinajstić information content (AvgIpc) is 3.10. The molecule has 1 aromatic carbocycles. The zero-order valence-corrected chi connectivity index (χ0v) is 17.4. The highest BCUT2D eigenvalue weighted by Crippen LogP contribution is 2.17. The number of hydrogen-bond acceptors (Lipinski definition) is 3. The van der Waals surface area contributed by atoms with Crippen molar-refractivity contribution in [1.29, 1.82) is 0 Å². The Balaban J connectivity index is 1.38. The predicted octanol–water partition coefficient (Wildman–Crippen LogP) is 2.19. The molecule has 1 amide bonds. The molecule has 2 heterocycles. The van der Waals surface area contributed by atoms with Gasteiger partial charge in [0.1, 0.15) is 0 Å². The highest BCUT2D eigenvalue weighted by Gasteiger charge is 2.29. The summed E-state index contributed by atoms with van der Waals surface area (Å²) in [6.07, 6.45) is 6.16. The van der Waals surface area contributed by atoms with Crippen LogP contribution in [0.25, 0.3) is 0 Å². The number of carbonyl (C=O) groups excluding carboxylic acids is 1. The van der Waals surface area contributed by atoms with E-state index >= 15 is 0 Å². The van der Waals surface area contributed by atoms with E-state index in [9.17, 15) is 4.79 Å². The molecular formula is C23H31N5O. The van der Waals surface area contributed by atoms with E-state index in [1.807, 2.05) is 35.5 Å². The van der Waals surface area contributed by atoms with E-state index in [-0.39, 0.29) is 5.91 Å². The SMILES string of the molecule is CN=C(NCCc1ccncc1C)NCC1CC(=O)N(CCc2ccccc2)C1. The summed E-state index contributed by atoms with van der Waals surface area (Å²) >= 11 is 0. The second-order valence-corrected chi connectivity index (χ2v) is 7.58. The smallest absolute Gasteiger partial charge is 0.223 e. The lowest BCUT2D eigenvalue weighted by Gasteiger charge is -2.18. The Kier molecular flexibility index (Phi) is 7.61. The van der Waals surface area contributed by atoms with Crippen LogP contribution < -0.4 is 10.6 Å². The number of pyridine rings is 1. The number of carbonyl (C=O) groups is 1. The molecule has 1 aliphatic heterocycles. The number of likely N-dealkylation sites (tertiary alicyclic amines) is 1.